The van der Waals surface area contributed by atoms with Gasteiger partial charge in [-0.25, -0.2) is 0 Å². The van der Waals surface area contributed by atoms with Gasteiger partial charge in [-0.2, -0.15) is 0 Å². The molecule has 1 aliphatic rings. The predicted octanol–water partition coefficient (Wildman–Crippen LogP) is 1.45. The predicted molar refractivity (Wildman–Crippen MR) is 60.8 cm³/mol. The minimum absolute atomic E-state index is 0.216. The Morgan fingerprint density at radius 1 is 1.40 bits per heavy atom. The van der Waals surface area contributed by atoms with Crippen LogP contribution in [0.2, 0.25) is 0 Å². The monoisotopic (exact) mass is 213 g/mol. The van der Waals surface area contributed by atoms with E-state index in [9.17, 15) is 4.79 Å². The third-order valence-corrected chi connectivity index (χ3v) is 3.27. The SMILES string of the molecule is CCN(CCCO)CC(=O)C1CCCC1. The number of likely N-dealkylation sites (N-methyl/N-ethyl adjacent to an activating group) is 1. The molecule has 0 heterocycles. The molecule has 0 unspecified atom stereocenters. The van der Waals surface area contributed by atoms with Crippen molar-refractivity contribution in [1.29, 1.82) is 0 Å². The second-order valence-corrected chi connectivity index (χ2v) is 4.39. The van der Waals surface area contributed by atoms with Gasteiger partial charge in [0.25, 0.3) is 0 Å². The van der Waals surface area contributed by atoms with E-state index in [0.717, 1.165) is 32.4 Å². The van der Waals surface area contributed by atoms with Crippen molar-refractivity contribution in [3.63, 3.8) is 0 Å². The van der Waals surface area contributed by atoms with Gasteiger partial charge >= 0.3 is 0 Å². The first-order valence-electron chi connectivity index (χ1n) is 6.13. The molecular weight excluding hydrogens is 190 g/mol. The molecule has 0 radical (unpaired) electrons. The Balaban J connectivity index is 2.26. The minimum Gasteiger partial charge on any atom is -0.396 e. The Morgan fingerprint density at radius 2 is 2.07 bits per heavy atom. The smallest absolute Gasteiger partial charge is 0.149 e. The lowest BCUT2D eigenvalue weighted by atomic mass is 10.0. The number of hydrogen-bond acceptors (Lipinski definition) is 3. The van der Waals surface area contributed by atoms with Crippen molar-refractivity contribution < 1.29 is 9.90 Å². The van der Waals surface area contributed by atoms with Gasteiger partial charge in [-0.3, -0.25) is 9.69 Å². The van der Waals surface area contributed by atoms with Crippen LogP contribution in [0.4, 0.5) is 0 Å². The maximum atomic E-state index is 11.9. The molecule has 0 spiro atoms. The summed E-state index contributed by atoms with van der Waals surface area (Å²) < 4.78 is 0. The lowest BCUT2D eigenvalue weighted by molar-refractivity contribution is -0.123. The minimum atomic E-state index is 0.216. The molecule has 1 rings (SSSR count). The Morgan fingerprint density at radius 3 is 2.60 bits per heavy atom. The summed E-state index contributed by atoms with van der Waals surface area (Å²) in [7, 11) is 0. The van der Waals surface area contributed by atoms with Crippen LogP contribution in [0.5, 0.6) is 0 Å². The number of rotatable bonds is 7. The first-order valence-corrected chi connectivity index (χ1v) is 6.13. The van der Waals surface area contributed by atoms with Gasteiger partial charge in [0.2, 0.25) is 0 Å². The zero-order valence-electron chi connectivity index (χ0n) is 9.74. The van der Waals surface area contributed by atoms with Crippen LogP contribution in [0.15, 0.2) is 0 Å². The van der Waals surface area contributed by atoms with Gasteiger partial charge in [0.1, 0.15) is 5.78 Å². The molecule has 0 aromatic heterocycles. The normalized spacial score (nSPS) is 17.5. The fourth-order valence-electron chi connectivity index (χ4n) is 2.24. The molecule has 0 amide bonds. The highest BCUT2D eigenvalue weighted by atomic mass is 16.3. The molecule has 15 heavy (non-hydrogen) atoms. The molecule has 0 aromatic rings. The van der Waals surface area contributed by atoms with Crippen molar-refractivity contribution in [3.05, 3.63) is 0 Å². The van der Waals surface area contributed by atoms with Crippen molar-refractivity contribution in [2.75, 3.05) is 26.2 Å². The summed E-state index contributed by atoms with van der Waals surface area (Å²) in [4.78, 5) is 14.0. The molecule has 0 aliphatic heterocycles. The molecule has 1 saturated carbocycles. The summed E-state index contributed by atoms with van der Waals surface area (Å²) in [5, 5.41) is 8.74. The van der Waals surface area contributed by atoms with E-state index in [-0.39, 0.29) is 6.61 Å². The largest absolute Gasteiger partial charge is 0.396 e. The summed E-state index contributed by atoms with van der Waals surface area (Å²) in [6.07, 6.45) is 5.40. The van der Waals surface area contributed by atoms with E-state index >= 15 is 0 Å². The van der Waals surface area contributed by atoms with Gasteiger partial charge in [0.15, 0.2) is 0 Å². The van der Waals surface area contributed by atoms with Crippen LogP contribution in [-0.4, -0.2) is 42.0 Å². The molecule has 88 valence electrons. The zero-order valence-corrected chi connectivity index (χ0v) is 9.74. The lowest BCUT2D eigenvalue weighted by Gasteiger charge is -2.20. The van der Waals surface area contributed by atoms with E-state index in [1.54, 1.807) is 0 Å². The summed E-state index contributed by atoms with van der Waals surface area (Å²) >= 11 is 0. The maximum absolute atomic E-state index is 11.9. The number of aliphatic hydroxyl groups excluding tert-OH is 1. The molecule has 0 atom stereocenters. The van der Waals surface area contributed by atoms with Crippen LogP contribution in [-0.2, 0) is 4.79 Å². The topological polar surface area (TPSA) is 40.5 Å². The van der Waals surface area contributed by atoms with Gasteiger partial charge in [0, 0.05) is 19.1 Å². The van der Waals surface area contributed by atoms with Crippen molar-refractivity contribution in [1.82, 2.24) is 4.90 Å². The molecule has 1 fully saturated rings. The number of hydrogen-bond donors (Lipinski definition) is 1. The number of Topliss-reactive ketones (excluding diaryl/α,β-unsaturated/α-hetero) is 1. The average Bonchev–Trinajstić information content (AvgIpc) is 2.77. The molecule has 0 saturated heterocycles. The first-order chi connectivity index (χ1) is 7.27. The first kappa shape index (κ1) is 12.7. The summed E-state index contributed by atoms with van der Waals surface area (Å²) in [6.45, 7) is 4.61. The molecule has 0 aromatic carbocycles. The van der Waals surface area contributed by atoms with E-state index in [0.29, 0.717) is 18.2 Å². The Labute approximate surface area is 92.5 Å². The molecule has 0 bridgehead atoms. The number of aliphatic hydroxyl groups is 1. The second-order valence-electron chi connectivity index (χ2n) is 4.39. The van der Waals surface area contributed by atoms with Gasteiger partial charge in [-0.15, -0.1) is 0 Å². The van der Waals surface area contributed by atoms with Crippen LogP contribution in [0, 0.1) is 5.92 Å². The van der Waals surface area contributed by atoms with Crippen molar-refractivity contribution in [2.24, 2.45) is 5.92 Å². The summed E-state index contributed by atoms with van der Waals surface area (Å²) in [5.41, 5.74) is 0. The quantitative estimate of drug-likeness (QED) is 0.696. The third kappa shape index (κ3) is 4.31. The van der Waals surface area contributed by atoms with Crippen molar-refractivity contribution in [2.45, 2.75) is 39.0 Å². The second kappa shape index (κ2) is 6.96. The number of carbonyl (C=O) groups is 1. The van der Waals surface area contributed by atoms with Crippen molar-refractivity contribution >= 4 is 5.78 Å². The average molecular weight is 213 g/mol. The van der Waals surface area contributed by atoms with E-state index in [1.165, 1.54) is 12.8 Å². The molecule has 1 N–H and O–H groups in total. The number of nitrogens with zero attached hydrogens (tertiary/aromatic N) is 1. The third-order valence-electron chi connectivity index (χ3n) is 3.27. The zero-order chi connectivity index (χ0) is 11.1. The summed E-state index contributed by atoms with van der Waals surface area (Å²) in [5.74, 6) is 0.737. The maximum Gasteiger partial charge on any atom is 0.149 e. The van der Waals surface area contributed by atoms with Crippen molar-refractivity contribution in [3.8, 4) is 0 Å². The standard InChI is InChI=1S/C12H23NO2/c1-2-13(8-5-9-14)10-12(15)11-6-3-4-7-11/h11,14H,2-10H2,1H3. The van der Waals surface area contributed by atoms with E-state index in [2.05, 4.69) is 11.8 Å². The molecule has 3 heteroatoms. The van der Waals surface area contributed by atoms with Crippen LogP contribution < -0.4 is 0 Å². The molecule has 1 aliphatic carbocycles. The molecular formula is C12H23NO2. The van der Waals surface area contributed by atoms with E-state index in [4.69, 9.17) is 5.11 Å². The fraction of sp³-hybridized carbons (Fsp3) is 0.917. The van der Waals surface area contributed by atoms with Gasteiger partial charge in [-0.05, 0) is 25.8 Å². The summed E-state index contributed by atoms with van der Waals surface area (Å²) in [6, 6.07) is 0. The lowest BCUT2D eigenvalue weighted by Crippen LogP contribution is -2.33. The van der Waals surface area contributed by atoms with Gasteiger partial charge in [0.05, 0.1) is 6.54 Å². The van der Waals surface area contributed by atoms with Gasteiger partial charge in [-0.1, -0.05) is 19.8 Å². The number of carbonyl (C=O) groups excluding carboxylic acids is 1. The Kier molecular flexibility index (Phi) is 5.88. The highest BCUT2D eigenvalue weighted by Crippen LogP contribution is 2.25. The number of ketones is 1. The van der Waals surface area contributed by atoms with E-state index in [1.807, 2.05) is 0 Å². The van der Waals surface area contributed by atoms with Gasteiger partial charge < -0.3 is 5.11 Å². The Bertz CT molecular complexity index is 188. The van der Waals surface area contributed by atoms with Crippen LogP contribution in [0.1, 0.15) is 39.0 Å². The van der Waals surface area contributed by atoms with Crippen LogP contribution >= 0.6 is 0 Å². The van der Waals surface area contributed by atoms with Crippen LogP contribution in [0.3, 0.4) is 0 Å². The fourth-order valence-corrected chi connectivity index (χ4v) is 2.24. The highest BCUT2D eigenvalue weighted by Gasteiger charge is 2.23. The van der Waals surface area contributed by atoms with E-state index < -0.39 is 0 Å². The Hall–Kier alpha value is -0.410. The molecule has 3 nitrogen and oxygen atoms in total. The van der Waals surface area contributed by atoms with Crippen LogP contribution in [0.25, 0.3) is 0 Å². The highest BCUT2D eigenvalue weighted by molar-refractivity contribution is 5.83.